The molecule has 8 heteroatoms. The van der Waals surface area contributed by atoms with Gasteiger partial charge >= 0.3 is 40.2 Å². The molecule has 0 bridgehead atoms. The Hall–Kier alpha value is -12.4. The molecule has 0 unspecified atom stereocenters. The molecule has 0 fully saturated rings. The summed E-state index contributed by atoms with van der Waals surface area (Å²) in [6.45, 7) is 17.8. The van der Waals surface area contributed by atoms with Crippen LogP contribution < -0.4 is 0 Å². The molecule has 6 nitrogen and oxygen atoms in total. The zero-order valence-electron chi connectivity index (χ0n) is 63.2. The van der Waals surface area contributed by atoms with Crippen LogP contribution in [0.4, 0.5) is 0 Å². The summed E-state index contributed by atoms with van der Waals surface area (Å²) in [6.07, 6.45) is 10.9. The van der Waals surface area contributed by atoms with E-state index in [1.165, 1.54) is 44.5 Å². The van der Waals surface area contributed by atoms with Crippen LogP contribution in [-0.4, -0.2) is 29.9 Å². The first-order valence-corrected chi connectivity index (χ1v) is 37.2. The molecule has 112 heavy (non-hydrogen) atoms. The van der Waals surface area contributed by atoms with Crippen molar-refractivity contribution in [2.24, 2.45) is 0 Å². The molecule has 0 spiro atoms. The summed E-state index contributed by atoms with van der Waals surface area (Å²) >= 11 is 0. The van der Waals surface area contributed by atoms with Crippen LogP contribution in [0.25, 0.3) is 179 Å². The van der Waals surface area contributed by atoms with Crippen molar-refractivity contribution in [1.29, 1.82) is 0 Å². The third-order valence-corrected chi connectivity index (χ3v) is 21.6. The third kappa shape index (κ3) is 15.1. The zero-order valence-corrected chi connectivity index (χ0v) is 68.0. The van der Waals surface area contributed by atoms with E-state index in [0.29, 0.717) is 11.4 Å². The van der Waals surface area contributed by atoms with E-state index < -0.39 is 0 Å². The number of nitrogens with zero attached hydrogens (tertiary/aromatic N) is 6. The Labute approximate surface area is 684 Å². The number of rotatable bonds is 16. The third-order valence-electron chi connectivity index (χ3n) is 21.6. The first-order valence-electron chi connectivity index (χ1n) is 37.2. The Balaban J connectivity index is 0.00000496. The predicted octanol–water partition coefficient (Wildman–Crippen LogP) is 26.0. The van der Waals surface area contributed by atoms with E-state index in [1.807, 2.05) is 104 Å². The molecule has 0 atom stereocenters. The number of pyridine rings is 4. The van der Waals surface area contributed by atoms with Crippen molar-refractivity contribution in [2.45, 2.75) is 55.4 Å². The van der Waals surface area contributed by atoms with Gasteiger partial charge in [-0.1, -0.05) is 165 Å². The Kier molecular flexibility index (Phi) is 21.9. The smallest absolute Gasteiger partial charge is 0.333 e. The van der Waals surface area contributed by atoms with Crippen LogP contribution in [0.2, 0.25) is 0 Å². The molecule has 0 aliphatic heterocycles. The maximum atomic E-state index is 4.70. The van der Waals surface area contributed by atoms with E-state index in [-0.39, 0.29) is 40.2 Å². The van der Waals surface area contributed by atoms with Crippen LogP contribution in [0.5, 0.6) is 0 Å². The second kappa shape index (κ2) is 32.7. The van der Waals surface area contributed by atoms with E-state index in [9.17, 15) is 0 Å². The second-order valence-corrected chi connectivity index (χ2v) is 28.5. The Morgan fingerprint density at radius 3 is 0.821 bits per heavy atom. The summed E-state index contributed by atoms with van der Waals surface area (Å²) in [7, 11) is 0. The van der Waals surface area contributed by atoms with E-state index >= 15 is 0 Å². The van der Waals surface area contributed by atoms with Crippen LogP contribution in [-0.2, 0) is 40.2 Å². The van der Waals surface area contributed by atoms with E-state index in [0.717, 1.165) is 167 Å². The molecule has 5 heterocycles. The predicted molar refractivity (Wildman–Crippen MR) is 451 cm³/mol. The van der Waals surface area contributed by atoms with Gasteiger partial charge in [0.25, 0.3) is 0 Å². The summed E-state index contributed by atoms with van der Waals surface area (Å²) in [6, 6.07) is 118. The molecule has 0 saturated carbocycles. The maximum absolute atomic E-state index is 4.70. The number of hydrogen-bond donors (Lipinski definition) is 0. The molecule has 0 aliphatic carbocycles. The van der Waals surface area contributed by atoms with Crippen molar-refractivity contribution in [2.75, 3.05) is 0 Å². The summed E-state index contributed by atoms with van der Waals surface area (Å²) in [5.41, 5.74) is 40.7. The SMILES string of the molecule is Cc1cc(-c2c[c-]c(-c3ccccn3)cc2)c(-c2cc(-c3cccc(-c4cc(-c5cc(C)c(C)cc5-c5c[c-]c(-c6ccccn6)cc5)cc(-c5c(-c6c[c-]c(-c7ccccn7)cc6)ccc(C)c5C)c4)c3-c3c[c-]c(-c4ncccn4)[c-]c3)cc(-c3c(-c4c[c-]c(-c5ccccn5)cc4)ccc(C)c3C)c2)cc1C.[Ir+3].[Ir+3]. The van der Waals surface area contributed by atoms with Crippen molar-refractivity contribution in [3.63, 3.8) is 0 Å². The Morgan fingerprint density at radius 1 is 0.205 bits per heavy atom. The van der Waals surface area contributed by atoms with E-state index in [4.69, 9.17) is 19.9 Å². The van der Waals surface area contributed by atoms with Gasteiger partial charge in [-0.2, -0.15) is 5.56 Å². The molecule has 17 rings (SSSR count). The van der Waals surface area contributed by atoms with Crippen molar-refractivity contribution in [3.8, 4) is 179 Å². The Morgan fingerprint density at radius 2 is 0.500 bits per heavy atom. The van der Waals surface area contributed by atoms with Gasteiger partial charge in [-0.15, -0.1) is 119 Å². The van der Waals surface area contributed by atoms with Crippen molar-refractivity contribution in [3.05, 3.63) is 385 Å². The number of aryl methyl sites for hydroxylation is 6. The van der Waals surface area contributed by atoms with Crippen LogP contribution in [0.1, 0.15) is 44.5 Å². The van der Waals surface area contributed by atoms with Gasteiger partial charge in [-0.25, -0.2) is 17.7 Å². The monoisotopic (exact) mass is 1790 g/mol. The van der Waals surface area contributed by atoms with Gasteiger partial charge in [-0.05, 0) is 262 Å². The molecule has 538 valence electrons. The first-order chi connectivity index (χ1) is 53.8. The average Bonchev–Trinajstić information content (AvgIpc) is 0.747. The van der Waals surface area contributed by atoms with Crippen LogP contribution in [0.3, 0.4) is 0 Å². The molecule has 0 N–H and O–H groups in total. The molecular formula is C104H74Ir2N6. The zero-order chi connectivity index (χ0) is 74.9. The quantitative estimate of drug-likeness (QED) is 0.0897. The van der Waals surface area contributed by atoms with Gasteiger partial charge in [-0.3, -0.25) is 12.1 Å². The number of hydrogen-bond acceptors (Lipinski definition) is 6. The van der Waals surface area contributed by atoms with Gasteiger partial charge in [0.1, 0.15) is 0 Å². The van der Waals surface area contributed by atoms with Gasteiger partial charge in [0.15, 0.2) is 0 Å². The number of benzene rings is 12. The largest absolute Gasteiger partial charge is 3.00 e. The fourth-order valence-electron chi connectivity index (χ4n) is 15.1. The van der Waals surface area contributed by atoms with Crippen molar-refractivity contribution >= 4 is 0 Å². The van der Waals surface area contributed by atoms with Gasteiger partial charge < -0.3 is 29.9 Å². The average molecular weight is 1790 g/mol. The first kappa shape index (κ1) is 75.1. The van der Waals surface area contributed by atoms with Crippen LogP contribution >= 0.6 is 0 Å². The molecule has 12 aromatic carbocycles. The maximum Gasteiger partial charge on any atom is 3.00 e. The molecule has 0 saturated heterocycles. The molecular weight excluding hydrogens is 1720 g/mol. The van der Waals surface area contributed by atoms with Crippen molar-refractivity contribution < 1.29 is 40.2 Å². The normalized spacial score (nSPS) is 11.1. The summed E-state index contributed by atoms with van der Waals surface area (Å²) in [5.74, 6) is 0.546. The minimum atomic E-state index is 0. The summed E-state index contributed by atoms with van der Waals surface area (Å²) < 4.78 is 0. The Bertz CT molecular complexity index is 5930. The van der Waals surface area contributed by atoms with Gasteiger partial charge in [0.05, 0.1) is 0 Å². The fourth-order valence-corrected chi connectivity index (χ4v) is 15.1. The summed E-state index contributed by atoms with van der Waals surface area (Å²) in [4.78, 5) is 28.2. The molecule has 0 radical (unpaired) electrons. The molecule has 17 aromatic rings. The topological polar surface area (TPSA) is 77.3 Å². The van der Waals surface area contributed by atoms with Gasteiger partial charge in [0, 0.05) is 37.2 Å². The van der Waals surface area contributed by atoms with Crippen molar-refractivity contribution in [1.82, 2.24) is 29.9 Å². The minimum absolute atomic E-state index is 0. The number of aromatic nitrogens is 6. The summed E-state index contributed by atoms with van der Waals surface area (Å²) in [5, 5.41) is 0. The molecule has 0 aliphatic rings. The van der Waals surface area contributed by atoms with Crippen LogP contribution in [0, 0.1) is 91.8 Å². The minimum Gasteiger partial charge on any atom is -0.333 e. The fraction of sp³-hybridized carbons (Fsp3) is 0.0769. The molecule has 5 aromatic heterocycles. The molecule has 0 amide bonds. The van der Waals surface area contributed by atoms with Crippen LogP contribution in [0.15, 0.2) is 304 Å². The second-order valence-electron chi connectivity index (χ2n) is 28.5. The van der Waals surface area contributed by atoms with E-state index in [1.54, 1.807) is 12.4 Å². The van der Waals surface area contributed by atoms with E-state index in [2.05, 4.69) is 290 Å². The standard InChI is InChI=1S/C104H74N6.2Ir/c1-65-25-47-91(73-27-35-77(36-28-73)97-21-9-13-49-105-97)101(71(65)7)87-61-83(59-85(63-87)95-57-69(5)67(3)55-93(95)75-31-39-79(40-32-75)99-23-11-15-51-107-99)89-19-17-20-90(103(89)81-43-45-82(46-44-81)104-109-53-18-54-110-104)84-60-86(96-58-70(6)68(4)56-94(96)76-33-41-80(42-34-76)100-24-12-16-52-108-100)64-88(62-84)102-72(8)66(2)26-48-92(102)74-29-37-78(38-30-74)98-22-10-14-50-106-98;;/h9-35,37,39,41,43-44,47-64H,1-8H3;;/q-6;2*+3. The van der Waals surface area contributed by atoms with Gasteiger partial charge in [0.2, 0.25) is 0 Å².